The van der Waals surface area contributed by atoms with Crippen LogP contribution in [0.2, 0.25) is 18.1 Å². The quantitative estimate of drug-likeness (QED) is 0.122. The van der Waals surface area contributed by atoms with Crippen LogP contribution in [-0.2, 0) is 23.5 Å². The van der Waals surface area contributed by atoms with Crippen molar-refractivity contribution in [1.29, 1.82) is 0 Å². The third-order valence-corrected chi connectivity index (χ3v) is 12.9. The molecule has 1 fully saturated rings. The molecule has 30 heavy (non-hydrogen) atoms. The van der Waals surface area contributed by atoms with E-state index in [9.17, 15) is 14.4 Å². The van der Waals surface area contributed by atoms with Crippen molar-refractivity contribution in [3.8, 4) is 0 Å². The summed E-state index contributed by atoms with van der Waals surface area (Å²) in [7, 11) is -2.13. The minimum absolute atomic E-state index is 0.0209. The summed E-state index contributed by atoms with van der Waals surface area (Å²) in [4.78, 5) is 38.5. The van der Waals surface area contributed by atoms with E-state index in [0.717, 1.165) is 17.1 Å². The zero-order valence-electron chi connectivity index (χ0n) is 18.9. The van der Waals surface area contributed by atoms with E-state index < -0.39 is 43.5 Å². The predicted octanol–water partition coefficient (Wildman–Crippen LogP) is 4.60. The molecule has 0 spiro atoms. The van der Waals surface area contributed by atoms with Crippen molar-refractivity contribution < 1.29 is 23.5 Å². The Labute approximate surface area is 195 Å². The van der Waals surface area contributed by atoms with Gasteiger partial charge in [-0.15, -0.1) is 11.8 Å². The Bertz CT molecular complexity index is 692. The number of carbonyl (C=O) groups excluding carboxylic acids is 3. The maximum Gasteiger partial charge on any atom is 0.397 e. The second-order valence-electron chi connectivity index (χ2n) is 8.62. The minimum atomic E-state index is -2.13. The highest BCUT2D eigenvalue weighted by Crippen LogP contribution is 2.44. The van der Waals surface area contributed by atoms with Crippen LogP contribution in [0.3, 0.4) is 0 Å². The summed E-state index contributed by atoms with van der Waals surface area (Å²) in [6.07, 6.45) is 1.92. The lowest BCUT2D eigenvalue weighted by Gasteiger charge is -2.49. The third-order valence-electron chi connectivity index (χ3n) is 5.24. The molecule has 0 aromatic rings. The summed E-state index contributed by atoms with van der Waals surface area (Å²) in [6, 6.07) is 0. The molecule has 3 unspecified atom stereocenters. The molecule has 0 N–H and O–H groups in total. The number of esters is 1. The van der Waals surface area contributed by atoms with E-state index in [2.05, 4.69) is 47.4 Å². The molecule has 1 aliphatic heterocycles. The predicted molar refractivity (Wildman–Crippen MR) is 131 cm³/mol. The first-order chi connectivity index (χ1) is 13.8. The first-order valence-corrected chi connectivity index (χ1v) is 15.1. The van der Waals surface area contributed by atoms with Crippen LogP contribution in [0.1, 0.15) is 41.0 Å². The SMILES string of the molecule is C=CCOC(=O)C(=O)N1C(=O)C(C(C)O[Si](C)(C)C(C)(C)C)C1SC(=S)SCCC. The zero-order valence-corrected chi connectivity index (χ0v) is 22.3. The fourth-order valence-electron chi connectivity index (χ4n) is 2.59. The molecule has 0 radical (unpaired) electrons. The molecule has 1 saturated heterocycles. The van der Waals surface area contributed by atoms with Crippen LogP contribution >= 0.6 is 35.7 Å². The number of carbonyl (C=O) groups is 3. The Kier molecular flexibility index (Phi) is 10.3. The first-order valence-electron chi connectivity index (χ1n) is 9.94. The lowest BCUT2D eigenvalue weighted by molar-refractivity contribution is -0.174. The highest BCUT2D eigenvalue weighted by molar-refractivity contribution is 8.47. The van der Waals surface area contributed by atoms with E-state index in [4.69, 9.17) is 21.4 Å². The van der Waals surface area contributed by atoms with Crippen LogP contribution in [-0.4, -0.2) is 58.4 Å². The largest absolute Gasteiger partial charge is 0.454 e. The summed E-state index contributed by atoms with van der Waals surface area (Å²) in [5.74, 6) is -2.18. The molecule has 6 nitrogen and oxygen atoms in total. The lowest BCUT2D eigenvalue weighted by atomic mass is 9.92. The molecule has 0 saturated carbocycles. The number of thiocarbonyl (C=S) groups is 1. The van der Waals surface area contributed by atoms with Crippen molar-refractivity contribution in [2.75, 3.05) is 12.4 Å². The Morgan fingerprint density at radius 2 is 1.97 bits per heavy atom. The fraction of sp³-hybridized carbons (Fsp3) is 0.700. The maximum absolute atomic E-state index is 12.9. The molecular formula is C20H33NO5S3Si. The maximum atomic E-state index is 12.9. The van der Waals surface area contributed by atoms with Crippen molar-refractivity contribution in [3.63, 3.8) is 0 Å². The summed E-state index contributed by atoms with van der Waals surface area (Å²) in [5, 5.41) is -0.606. The summed E-state index contributed by atoms with van der Waals surface area (Å²) < 4.78 is 11.9. The number of likely N-dealkylation sites (tertiary alicyclic amines) is 1. The molecule has 1 aliphatic rings. The second kappa shape index (κ2) is 11.3. The Morgan fingerprint density at radius 1 is 1.37 bits per heavy atom. The molecule has 10 heteroatoms. The van der Waals surface area contributed by atoms with Gasteiger partial charge in [-0.1, -0.05) is 64.3 Å². The molecule has 2 amide bonds. The highest BCUT2D eigenvalue weighted by atomic mass is 32.2. The minimum Gasteiger partial charge on any atom is -0.454 e. The molecule has 1 rings (SSSR count). The fourth-order valence-corrected chi connectivity index (χ4v) is 6.74. The van der Waals surface area contributed by atoms with Crippen LogP contribution in [0.25, 0.3) is 0 Å². The number of thioether (sulfide) groups is 2. The van der Waals surface area contributed by atoms with Crippen LogP contribution in [0.4, 0.5) is 0 Å². The number of rotatable bonds is 8. The van der Waals surface area contributed by atoms with E-state index in [0.29, 0.717) is 3.53 Å². The summed E-state index contributed by atoms with van der Waals surface area (Å²) in [6.45, 7) is 17.9. The first kappa shape index (κ1) is 27.4. The van der Waals surface area contributed by atoms with Crippen molar-refractivity contribution in [2.45, 2.75) is 70.6 Å². The van der Waals surface area contributed by atoms with E-state index in [1.165, 1.54) is 29.6 Å². The van der Waals surface area contributed by atoms with Crippen molar-refractivity contribution in [1.82, 2.24) is 4.90 Å². The number of nitrogens with zero attached hydrogens (tertiary/aromatic N) is 1. The molecule has 170 valence electrons. The van der Waals surface area contributed by atoms with Gasteiger partial charge in [0, 0.05) is 0 Å². The molecule has 0 bridgehead atoms. The van der Waals surface area contributed by atoms with Gasteiger partial charge >= 0.3 is 11.9 Å². The van der Waals surface area contributed by atoms with Gasteiger partial charge < -0.3 is 9.16 Å². The number of imide groups is 1. The van der Waals surface area contributed by atoms with Gasteiger partial charge in [0.25, 0.3) is 0 Å². The molecule has 3 atom stereocenters. The van der Waals surface area contributed by atoms with Gasteiger partial charge in [-0.2, -0.15) is 0 Å². The third kappa shape index (κ3) is 6.66. The van der Waals surface area contributed by atoms with E-state index in [1.807, 2.05) is 6.92 Å². The average Bonchev–Trinajstić information content (AvgIpc) is 2.62. The smallest absolute Gasteiger partial charge is 0.397 e. The number of ether oxygens (including phenoxy) is 1. The van der Waals surface area contributed by atoms with Gasteiger partial charge in [0.2, 0.25) is 5.91 Å². The highest BCUT2D eigenvalue weighted by Gasteiger charge is 2.57. The number of hydrogen-bond acceptors (Lipinski definition) is 8. The molecular weight excluding hydrogens is 459 g/mol. The van der Waals surface area contributed by atoms with Crippen LogP contribution in [0.15, 0.2) is 12.7 Å². The topological polar surface area (TPSA) is 72.9 Å². The van der Waals surface area contributed by atoms with Gasteiger partial charge in [-0.05, 0) is 37.2 Å². The Balaban J connectivity index is 3.05. The Hall–Kier alpha value is -0.683. The molecule has 0 aliphatic carbocycles. The summed E-state index contributed by atoms with van der Waals surface area (Å²) in [5.41, 5.74) is 0. The molecule has 0 aromatic heterocycles. The average molecular weight is 492 g/mol. The zero-order chi connectivity index (χ0) is 23.3. The van der Waals surface area contributed by atoms with Crippen LogP contribution < -0.4 is 0 Å². The standard InChI is InChI=1S/C20H33NO5S3Si/c1-9-11-25-18(24)16(23)21-15(22)14(17(21)29-19(27)28-12-10-2)13(3)26-30(7,8)20(4,5)6/h9,13-14,17H,1,10-12H2,2-8H3. The summed E-state index contributed by atoms with van der Waals surface area (Å²) >= 11 is 8.20. The van der Waals surface area contributed by atoms with Gasteiger partial charge in [0.15, 0.2) is 8.32 Å². The molecule has 1 heterocycles. The van der Waals surface area contributed by atoms with Crippen molar-refractivity contribution in [3.05, 3.63) is 12.7 Å². The van der Waals surface area contributed by atoms with Crippen LogP contribution in [0, 0.1) is 5.92 Å². The van der Waals surface area contributed by atoms with Gasteiger partial charge in [0.1, 0.15) is 15.5 Å². The van der Waals surface area contributed by atoms with Gasteiger partial charge in [0.05, 0.1) is 12.0 Å². The van der Waals surface area contributed by atoms with E-state index in [-0.39, 0.29) is 11.6 Å². The normalized spacial score (nSPS) is 20.4. The molecule has 0 aromatic carbocycles. The van der Waals surface area contributed by atoms with Crippen molar-refractivity contribution in [2.24, 2.45) is 5.92 Å². The van der Waals surface area contributed by atoms with E-state index >= 15 is 0 Å². The number of hydrogen-bond donors (Lipinski definition) is 0. The number of β-lactam (4-membered cyclic amide) rings is 1. The second-order valence-corrected chi connectivity index (χ2v) is 16.8. The lowest BCUT2D eigenvalue weighted by Crippen LogP contribution is -2.67. The van der Waals surface area contributed by atoms with Gasteiger partial charge in [-0.25, -0.2) is 4.79 Å². The van der Waals surface area contributed by atoms with Crippen molar-refractivity contribution >= 4 is 65.4 Å². The Morgan fingerprint density at radius 3 is 2.47 bits per heavy atom. The van der Waals surface area contributed by atoms with Crippen LogP contribution in [0.5, 0.6) is 0 Å². The van der Waals surface area contributed by atoms with Gasteiger partial charge in [-0.3, -0.25) is 14.5 Å². The number of amides is 2. The van der Waals surface area contributed by atoms with E-state index in [1.54, 1.807) is 0 Å². The monoisotopic (exact) mass is 491 g/mol.